The largest absolute Gasteiger partial charge is 0.416 e. The molecule has 1 aromatic heterocycles. The Bertz CT molecular complexity index is 861. The number of aliphatic imine (C=N–C) groups is 1. The van der Waals surface area contributed by atoms with E-state index in [2.05, 4.69) is 27.3 Å². The molecule has 1 N–H and O–H groups in total. The maximum atomic E-state index is 13.0. The monoisotopic (exact) mass is 565 g/mol. The highest BCUT2D eigenvalue weighted by molar-refractivity contribution is 14.0. The molecule has 32 heavy (non-hydrogen) atoms. The van der Waals surface area contributed by atoms with Gasteiger partial charge in [0, 0.05) is 57.9 Å². The molecule has 1 aliphatic rings. The predicted octanol–water partition coefficient (Wildman–Crippen LogP) is 3.66. The van der Waals surface area contributed by atoms with Crippen LogP contribution in [0.2, 0.25) is 0 Å². The molecule has 1 saturated heterocycles. The van der Waals surface area contributed by atoms with E-state index in [0.29, 0.717) is 38.4 Å². The van der Waals surface area contributed by atoms with Crippen molar-refractivity contribution in [2.24, 2.45) is 4.99 Å². The van der Waals surface area contributed by atoms with Gasteiger partial charge in [-0.2, -0.15) is 13.2 Å². The second kappa shape index (κ2) is 12.3. The van der Waals surface area contributed by atoms with Crippen molar-refractivity contribution in [2.75, 3.05) is 44.2 Å². The van der Waals surface area contributed by atoms with Crippen molar-refractivity contribution in [3.8, 4) is 0 Å². The molecule has 0 unspecified atom stereocenters. The van der Waals surface area contributed by atoms with E-state index in [9.17, 15) is 13.2 Å². The SMILES string of the molecule is CCCN=C(NCCn1cnnc1CC)N1CCN(c2cccc(C(F)(F)F)c2)CC1.I. The molecule has 0 amide bonds. The quantitative estimate of drug-likeness (QED) is 0.316. The number of guanidine groups is 1. The molecule has 1 fully saturated rings. The summed E-state index contributed by atoms with van der Waals surface area (Å²) < 4.78 is 41.1. The zero-order chi connectivity index (χ0) is 22.3. The number of piperazine rings is 1. The fourth-order valence-electron chi connectivity index (χ4n) is 3.57. The van der Waals surface area contributed by atoms with Gasteiger partial charge in [-0.15, -0.1) is 34.2 Å². The Kier molecular flexibility index (Phi) is 10.0. The topological polar surface area (TPSA) is 61.6 Å². The first-order valence-corrected chi connectivity index (χ1v) is 10.7. The fraction of sp³-hybridized carbons (Fsp3) is 0.571. The molecule has 2 aromatic rings. The lowest BCUT2D eigenvalue weighted by molar-refractivity contribution is -0.137. The maximum Gasteiger partial charge on any atom is 0.416 e. The number of aromatic nitrogens is 3. The summed E-state index contributed by atoms with van der Waals surface area (Å²) in [7, 11) is 0. The van der Waals surface area contributed by atoms with Crippen molar-refractivity contribution in [2.45, 2.75) is 39.4 Å². The van der Waals surface area contributed by atoms with E-state index in [-0.39, 0.29) is 24.0 Å². The third-order valence-corrected chi connectivity index (χ3v) is 5.25. The van der Waals surface area contributed by atoms with Crippen LogP contribution in [0.5, 0.6) is 0 Å². The number of benzene rings is 1. The standard InChI is InChI=1S/C21H30F3N7.HI/c1-3-8-25-20(26-9-10-31-16-27-28-19(31)4-2)30-13-11-29(12-14-30)18-7-5-6-17(15-18)21(22,23)24;/h5-7,15-16H,3-4,8-14H2,1-2H3,(H,25,26);1H. The van der Waals surface area contributed by atoms with E-state index in [1.165, 1.54) is 12.1 Å². The average Bonchev–Trinajstić information content (AvgIpc) is 3.23. The zero-order valence-electron chi connectivity index (χ0n) is 18.5. The molecule has 2 heterocycles. The summed E-state index contributed by atoms with van der Waals surface area (Å²) in [6, 6.07) is 5.54. The molecule has 1 aromatic carbocycles. The fourth-order valence-corrected chi connectivity index (χ4v) is 3.57. The molecule has 0 atom stereocenters. The van der Waals surface area contributed by atoms with Crippen LogP contribution < -0.4 is 10.2 Å². The van der Waals surface area contributed by atoms with Crippen molar-refractivity contribution in [3.63, 3.8) is 0 Å². The van der Waals surface area contributed by atoms with Gasteiger partial charge >= 0.3 is 6.18 Å². The first-order valence-electron chi connectivity index (χ1n) is 10.7. The lowest BCUT2D eigenvalue weighted by Crippen LogP contribution is -2.53. The van der Waals surface area contributed by atoms with Crippen LogP contribution in [-0.2, 0) is 19.1 Å². The number of hydrogen-bond acceptors (Lipinski definition) is 4. The van der Waals surface area contributed by atoms with Gasteiger partial charge in [-0.1, -0.05) is 19.9 Å². The Balaban J connectivity index is 0.00000363. The lowest BCUT2D eigenvalue weighted by atomic mass is 10.1. The van der Waals surface area contributed by atoms with Gasteiger partial charge in [0.15, 0.2) is 5.96 Å². The van der Waals surface area contributed by atoms with Crippen LogP contribution in [0.4, 0.5) is 18.9 Å². The van der Waals surface area contributed by atoms with E-state index in [0.717, 1.165) is 43.8 Å². The summed E-state index contributed by atoms with van der Waals surface area (Å²) in [4.78, 5) is 8.86. The molecule has 3 rings (SSSR count). The Morgan fingerprint density at radius 1 is 1.16 bits per heavy atom. The number of anilines is 1. The third-order valence-electron chi connectivity index (χ3n) is 5.25. The van der Waals surface area contributed by atoms with Crippen molar-refractivity contribution in [3.05, 3.63) is 42.0 Å². The van der Waals surface area contributed by atoms with E-state index >= 15 is 0 Å². The molecule has 1 aliphatic heterocycles. The molecule has 11 heteroatoms. The summed E-state index contributed by atoms with van der Waals surface area (Å²) in [5.41, 5.74) is -0.00563. The lowest BCUT2D eigenvalue weighted by Gasteiger charge is -2.38. The number of rotatable bonds is 7. The van der Waals surface area contributed by atoms with Gasteiger partial charge < -0.3 is 19.7 Å². The van der Waals surface area contributed by atoms with Crippen LogP contribution in [0, 0.1) is 0 Å². The average molecular weight is 565 g/mol. The van der Waals surface area contributed by atoms with E-state index in [1.54, 1.807) is 12.4 Å². The number of aryl methyl sites for hydroxylation is 1. The summed E-state index contributed by atoms with van der Waals surface area (Å²) in [6.45, 7) is 8.95. The van der Waals surface area contributed by atoms with Gasteiger partial charge in [0.05, 0.1) is 5.56 Å². The Morgan fingerprint density at radius 3 is 2.56 bits per heavy atom. The minimum Gasteiger partial charge on any atom is -0.368 e. The second-order valence-corrected chi connectivity index (χ2v) is 7.45. The highest BCUT2D eigenvalue weighted by Crippen LogP contribution is 2.31. The van der Waals surface area contributed by atoms with Crippen LogP contribution in [-0.4, -0.2) is 64.9 Å². The van der Waals surface area contributed by atoms with Crippen LogP contribution in [0.25, 0.3) is 0 Å². The van der Waals surface area contributed by atoms with Gasteiger partial charge in [-0.05, 0) is 24.6 Å². The normalized spacial score (nSPS) is 15.0. The number of hydrogen-bond donors (Lipinski definition) is 1. The molecule has 7 nitrogen and oxygen atoms in total. The van der Waals surface area contributed by atoms with Gasteiger partial charge in [0.1, 0.15) is 12.2 Å². The molecule has 0 bridgehead atoms. The summed E-state index contributed by atoms with van der Waals surface area (Å²) in [6.07, 6.45) is -0.823. The molecule has 0 spiro atoms. The summed E-state index contributed by atoms with van der Waals surface area (Å²) in [5, 5.41) is 11.5. The number of nitrogens with one attached hydrogen (secondary N) is 1. The first kappa shape index (κ1) is 26.2. The first-order chi connectivity index (χ1) is 14.9. The Hall–Kier alpha value is -2.05. The van der Waals surface area contributed by atoms with Gasteiger partial charge in [0.2, 0.25) is 0 Å². The Morgan fingerprint density at radius 2 is 1.91 bits per heavy atom. The third kappa shape index (κ3) is 6.97. The highest BCUT2D eigenvalue weighted by Gasteiger charge is 2.31. The zero-order valence-corrected chi connectivity index (χ0v) is 20.8. The van der Waals surface area contributed by atoms with Crippen molar-refractivity contribution in [1.82, 2.24) is 25.0 Å². The Labute approximate surface area is 204 Å². The minimum absolute atomic E-state index is 0. The highest BCUT2D eigenvalue weighted by atomic mass is 127. The number of alkyl halides is 3. The molecule has 178 valence electrons. The predicted molar refractivity (Wildman–Crippen MR) is 131 cm³/mol. The van der Waals surface area contributed by atoms with Crippen molar-refractivity contribution >= 4 is 35.6 Å². The van der Waals surface area contributed by atoms with Crippen LogP contribution in [0.15, 0.2) is 35.6 Å². The van der Waals surface area contributed by atoms with Crippen molar-refractivity contribution in [1.29, 1.82) is 0 Å². The van der Waals surface area contributed by atoms with Crippen molar-refractivity contribution < 1.29 is 13.2 Å². The number of halogens is 4. The summed E-state index contributed by atoms with van der Waals surface area (Å²) in [5.74, 6) is 1.79. The van der Waals surface area contributed by atoms with E-state index in [1.807, 2.05) is 16.4 Å². The minimum atomic E-state index is -4.33. The molecule has 0 aliphatic carbocycles. The molecule has 0 saturated carbocycles. The van der Waals surface area contributed by atoms with Gasteiger partial charge in [0.25, 0.3) is 0 Å². The number of nitrogens with zero attached hydrogens (tertiary/aromatic N) is 6. The molecule has 0 radical (unpaired) electrons. The maximum absolute atomic E-state index is 13.0. The van der Waals surface area contributed by atoms with Crippen LogP contribution >= 0.6 is 24.0 Å². The van der Waals surface area contributed by atoms with E-state index in [4.69, 9.17) is 4.99 Å². The smallest absolute Gasteiger partial charge is 0.368 e. The molecular formula is C21H31F3IN7. The van der Waals surface area contributed by atoms with Gasteiger partial charge in [-0.25, -0.2) is 0 Å². The van der Waals surface area contributed by atoms with Crippen LogP contribution in [0.3, 0.4) is 0 Å². The second-order valence-electron chi connectivity index (χ2n) is 7.45. The summed E-state index contributed by atoms with van der Waals surface area (Å²) >= 11 is 0. The van der Waals surface area contributed by atoms with E-state index < -0.39 is 11.7 Å². The van der Waals surface area contributed by atoms with Gasteiger partial charge in [-0.3, -0.25) is 4.99 Å². The molecular weight excluding hydrogens is 534 g/mol. The van der Waals surface area contributed by atoms with Crippen LogP contribution in [0.1, 0.15) is 31.7 Å².